The number of urea groups is 1. The third kappa shape index (κ3) is 7.44. The molecule has 2 unspecified atom stereocenters. The Kier molecular flexibility index (Phi) is 8.06. The van der Waals surface area contributed by atoms with Gasteiger partial charge in [0.2, 0.25) is 0 Å². The Labute approximate surface area is 142 Å². The van der Waals surface area contributed by atoms with Crippen LogP contribution >= 0.6 is 0 Å². The first-order valence-corrected chi connectivity index (χ1v) is 7.13. The molecule has 2 atom stereocenters. The van der Waals surface area contributed by atoms with Crippen LogP contribution in [0.15, 0.2) is 40.3 Å². The highest BCUT2D eigenvalue weighted by Gasteiger charge is 2.17. The molecule has 1 aliphatic rings. The zero-order valence-electron chi connectivity index (χ0n) is 13.1. The monoisotopic (exact) mass is 350 g/mol. The number of amides is 2. The zero-order valence-corrected chi connectivity index (χ0v) is 13.1. The molecule has 134 valence electrons. The maximum absolute atomic E-state index is 10.5. The number of nitrogens with two attached hydrogens (primary N) is 1. The number of hydrogen-bond acceptors (Lipinski definition) is 6. The minimum atomic E-state index is -1.12. The molecule has 10 nitrogen and oxygen atoms in total. The van der Waals surface area contributed by atoms with Crippen molar-refractivity contribution in [2.45, 2.75) is 24.9 Å². The van der Waals surface area contributed by atoms with E-state index in [1.807, 2.05) is 30.3 Å². The SMILES string of the molecule is NC(CC1=NC(=O)N=C1)C(=O)O.O=C(O)C(Cc1ccccc1)NO. The second-order valence-electron chi connectivity index (χ2n) is 5.00. The van der Waals surface area contributed by atoms with E-state index in [2.05, 4.69) is 9.98 Å². The number of carbonyl (C=O) groups excluding carboxylic acids is 1. The van der Waals surface area contributed by atoms with E-state index in [4.69, 9.17) is 21.2 Å². The summed E-state index contributed by atoms with van der Waals surface area (Å²) in [5, 5.41) is 25.5. The summed E-state index contributed by atoms with van der Waals surface area (Å²) in [6.45, 7) is 0. The summed E-state index contributed by atoms with van der Waals surface area (Å²) in [7, 11) is 0. The smallest absolute Gasteiger partial charge is 0.367 e. The molecule has 1 aromatic rings. The third-order valence-corrected chi connectivity index (χ3v) is 3.05. The van der Waals surface area contributed by atoms with E-state index in [-0.39, 0.29) is 12.8 Å². The van der Waals surface area contributed by atoms with Crippen molar-refractivity contribution in [2.75, 3.05) is 0 Å². The van der Waals surface area contributed by atoms with Crippen LogP contribution in [0.1, 0.15) is 12.0 Å². The highest BCUT2D eigenvalue weighted by molar-refractivity contribution is 6.37. The van der Waals surface area contributed by atoms with Crippen molar-refractivity contribution in [2.24, 2.45) is 15.7 Å². The van der Waals surface area contributed by atoms with Crippen LogP contribution in [0.3, 0.4) is 0 Å². The van der Waals surface area contributed by atoms with Gasteiger partial charge in [-0.1, -0.05) is 30.3 Å². The van der Waals surface area contributed by atoms with Crippen LogP contribution in [0.25, 0.3) is 0 Å². The Morgan fingerprint density at radius 1 is 1.12 bits per heavy atom. The van der Waals surface area contributed by atoms with E-state index >= 15 is 0 Å². The number of aliphatic carboxylic acids is 2. The van der Waals surface area contributed by atoms with Crippen LogP contribution in [0, 0.1) is 0 Å². The number of nitrogens with zero attached hydrogens (tertiary/aromatic N) is 2. The molecule has 6 N–H and O–H groups in total. The number of carbonyl (C=O) groups is 3. The van der Waals surface area contributed by atoms with E-state index in [9.17, 15) is 14.4 Å². The Hall–Kier alpha value is -2.95. The Bertz CT molecular complexity index is 674. The minimum absolute atomic E-state index is 0.0323. The standard InChI is InChI=1S/C9H11NO3.C6H7N3O3/c11-9(12)8(10-13)6-7-4-2-1-3-5-7;7-4(5(10)11)1-3-2-8-6(12)9-3/h1-5,8,10,13H,6H2,(H,11,12);2,4H,1,7H2,(H,10,11). The fourth-order valence-electron chi connectivity index (χ4n) is 1.76. The van der Waals surface area contributed by atoms with Gasteiger partial charge in [0.25, 0.3) is 0 Å². The van der Waals surface area contributed by atoms with E-state index in [0.717, 1.165) is 5.56 Å². The molecule has 0 bridgehead atoms. The highest BCUT2D eigenvalue weighted by Crippen LogP contribution is 2.02. The number of hydroxylamine groups is 1. The molecule has 0 saturated heterocycles. The predicted molar refractivity (Wildman–Crippen MR) is 88.0 cm³/mol. The molecule has 2 amide bonds. The molecule has 10 heteroatoms. The van der Waals surface area contributed by atoms with Gasteiger partial charge in [0.15, 0.2) is 0 Å². The van der Waals surface area contributed by atoms with Crippen molar-refractivity contribution < 1.29 is 29.8 Å². The number of aliphatic imine (C=N–C) groups is 2. The van der Waals surface area contributed by atoms with Crippen molar-refractivity contribution in [3.63, 3.8) is 0 Å². The van der Waals surface area contributed by atoms with Gasteiger partial charge < -0.3 is 21.2 Å². The molecular formula is C15H18N4O6. The molecule has 1 heterocycles. The van der Waals surface area contributed by atoms with Crippen molar-refractivity contribution in [1.29, 1.82) is 0 Å². The van der Waals surface area contributed by atoms with Gasteiger partial charge >= 0.3 is 18.0 Å². The summed E-state index contributed by atoms with van der Waals surface area (Å²) in [5.74, 6) is -2.18. The summed E-state index contributed by atoms with van der Waals surface area (Å²) in [6, 6.07) is 6.55. The molecule has 1 aliphatic heterocycles. The van der Waals surface area contributed by atoms with Crippen molar-refractivity contribution in [3.05, 3.63) is 35.9 Å². The Balaban J connectivity index is 0.000000251. The molecule has 0 spiro atoms. The maximum atomic E-state index is 10.5. The van der Waals surface area contributed by atoms with Crippen molar-refractivity contribution >= 4 is 29.9 Å². The summed E-state index contributed by atoms with van der Waals surface area (Å²) in [6.07, 6.45) is 1.53. The fraction of sp³-hybridized carbons (Fsp3) is 0.267. The molecule has 25 heavy (non-hydrogen) atoms. The van der Waals surface area contributed by atoms with Crippen LogP contribution in [-0.2, 0) is 16.0 Å². The van der Waals surface area contributed by atoms with Gasteiger partial charge in [0.1, 0.15) is 12.1 Å². The number of hydrogen-bond donors (Lipinski definition) is 5. The van der Waals surface area contributed by atoms with Gasteiger partial charge in [0.05, 0.1) is 11.9 Å². The van der Waals surface area contributed by atoms with E-state index in [0.29, 0.717) is 5.71 Å². The highest BCUT2D eigenvalue weighted by atomic mass is 16.5. The summed E-state index contributed by atoms with van der Waals surface area (Å²) in [5.41, 5.74) is 8.13. The van der Waals surface area contributed by atoms with Gasteiger partial charge in [-0.25, -0.2) is 4.79 Å². The quantitative estimate of drug-likeness (QED) is 0.430. The molecule has 0 saturated carbocycles. The molecule has 0 aliphatic carbocycles. The summed E-state index contributed by atoms with van der Waals surface area (Å²) < 4.78 is 0. The van der Waals surface area contributed by atoms with Gasteiger partial charge in [-0.05, 0) is 5.56 Å². The van der Waals surface area contributed by atoms with Gasteiger partial charge in [-0.15, -0.1) is 0 Å². The van der Waals surface area contributed by atoms with Gasteiger partial charge in [-0.2, -0.15) is 15.5 Å². The Morgan fingerprint density at radius 2 is 1.76 bits per heavy atom. The van der Waals surface area contributed by atoms with Crippen LogP contribution in [-0.4, -0.2) is 57.4 Å². The molecule has 1 aromatic carbocycles. The molecule has 0 fully saturated rings. The van der Waals surface area contributed by atoms with Crippen molar-refractivity contribution in [3.8, 4) is 0 Å². The fourth-order valence-corrected chi connectivity index (χ4v) is 1.76. The van der Waals surface area contributed by atoms with Gasteiger partial charge in [-0.3, -0.25) is 9.59 Å². The topological polar surface area (TPSA) is 175 Å². The summed E-state index contributed by atoms with van der Waals surface area (Å²) >= 11 is 0. The minimum Gasteiger partial charge on any atom is -0.480 e. The molecule has 2 rings (SSSR count). The van der Waals surface area contributed by atoms with Crippen LogP contribution in [0.5, 0.6) is 0 Å². The van der Waals surface area contributed by atoms with E-state index in [1.54, 1.807) is 5.48 Å². The number of benzene rings is 1. The lowest BCUT2D eigenvalue weighted by molar-refractivity contribution is -0.142. The first-order chi connectivity index (χ1) is 11.8. The van der Waals surface area contributed by atoms with E-state index in [1.165, 1.54) is 6.21 Å². The summed E-state index contributed by atoms with van der Waals surface area (Å²) in [4.78, 5) is 37.9. The molecule has 0 radical (unpaired) electrons. The molecule has 0 aromatic heterocycles. The average molecular weight is 350 g/mol. The normalized spacial score (nSPS) is 15.0. The zero-order chi connectivity index (χ0) is 18.8. The number of carboxylic acid groups (broad SMARTS) is 2. The average Bonchev–Trinajstić information content (AvgIpc) is 2.98. The largest absolute Gasteiger partial charge is 0.480 e. The second-order valence-corrected chi connectivity index (χ2v) is 5.00. The lowest BCUT2D eigenvalue weighted by Crippen LogP contribution is -2.36. The lowest BCUT2D eigenvalue weighted by Gasteiger charge is -2.09. The second kappa shape index (κ2) is 10.0. The maximum Gasteiger partial charge on any atom is 0.367 e. The Morgan fingerprint density at radius 3 is 2.20 bits per heavy atom. The first-order valence-electron chi connectivity index (χ1n) is 7.13. The van der Waals surface area contributed by atoms with E-state index < -0.39 is 30.1 Å². The van der Waals surface area contributed by atoms with Crippen LogP contribution < -0.4 is 11.2 Å². The van der Waals surface area contributed by atoms with Crippen molar-refractivity contribution in [1.82, 2.24) is 5.48 Å². The molecular weight excluding hydrogens is 332 g/mol. The number of rotatable bonds is 7. The first kappa shape index (κ1) is 20.1. The third-order valence-electron chi connectivity index (χ3n) is 3.05. The number of nitrogens with one attached hydrogen (secondary N) is 1. The van der Waals surface area contributed by atoms with Crippen LogP contribution in [0.4, 0.5) is 4.79 Å². The van der Waals surface area contributed by atoms with Gasteiger partial charge in [0, 0.05) is 12.8 Å². The predicted octanol–water partition coefficient (Wildman–Crippen LogP) is 0.0949. The lowest BCUT2D eigenvalue weighted by atomic mass is 10.1. The number of carboxylic acids is 2. The van der Waals surface area contributed by atoms with Crippen LogP contribution in [0.2, 0.25) is 0 Å².